The van der Waals surface area contributed by atoms with Crippen LogP contribution in [0.4, 0.5) is 0 Å². The summed E-state index contributed by atoms with van der Waals surface area (Å²) < 4.78 is 0. The van der Waals surface area contributed by atoms with E-state index in [0.29, 0.717) is 5.46 Å². The zero-order valence-electron chi connectivity index (χ0n) is 21.1. The van der Waals surface area contributed by atoms with Crippen molar-refractivity contribution in [3.05, 3.63) is 133 Å². The first-order valence-electron chi connectivity index (χ1n) is 11.6. The molecule has 4 heteroatoms. The molecule has 0 aliphatic heterocycles. The predicted molar refractivity (Wildman–Crippen MR) is 153 cm³/mol. The fourth-order valence-electron chi connectivity index (χ4n) is 3.36. The van der Waals surface area contributed by atoms with E-state index in [1.807, 2.05) is 94.5 Å². The highest BCUT2D eigenvalue weighted by Crippen LogP contribution is 2.21. The van der Waals surface area contributed by atoms with Crippen LogP contribution in [0.15, 0.2) is 127 Å². The molecule has 3 nitrogen and oxygen atoms in total. The lowest BCUT2D eigenvalue weighted by molar-refractivity contribution is 0.426. The van der Waals surface area contributed by atoms with Crippen molar-refractivity contribution in [2.45, 2.75) is 27.7 Å². The zero-order chi connectivity index (χ0) is 25.8. The molecule has 3 rings (SSSR count). The summed E-state index contributed by atoms with van der Waals surface area (Å²) in [5.74, 6) is 0. The van der Waals surface area contributed by atoms with Gasteiger partial charge in [-0.2, -0.15) is 0 Å². The minimum atomic E-state index is -1.45. The second kappa shape index (κ2) is 13.9. The van der Waals surface area contributed by atoms with E-state index < -0.39 is 7.12 Å². The van der Waals surface area contributed by atoms with Crippen molar-refractivity contribution in [3.8, 4) is 11.1 Å². The Kier molecular flexibility index (Phi) is 10.9. The van der Waals surface area contributed by atoms with Crippen molar-refractivity contribution in [1.29, 1.82) is 0 Å². The Hall–Kier alpha value is -3.73. The van der Waals surface area contributed by atoms with Crippen LogP contribution in [0.1, 0.15) is 38.8 Å². The van der Waals surface area contributed by atoms with Crippen LogP contribution < -0.4 is 5.46 Å². The van der Waals surface area contributed by atoms with Crippen molar-refractivity contribution >= 4 is 23.9 Å². The van der Waals surface area contributed by atoms with Gasteiger partial charge < -0.3 is 10.0 Å². The molecule has 0 spiro atoms. The molecule has 35 heavy (non-hydrogen) atoms. The maximum atomic E-state index is 9.21. The monoisotopic (exact) mass is 463 g/mol. The first kappa shape index (κ1) is 27.5. The summed E-state index contributed by atoms with van der Waals surface area (Å²) in [6, 6.07) is 25.4. The molecule has 0 aromatic heterocycles. The van der Waals surface area contributed by atoms with E-state index in [9.17, 15) is 10.0 Å². The van der Waals surface area contributed by atoms with Gasteiger partial charge >= 0.3 is 7.12 Å². The minimum Gasteiger partial charge on any atom is -0.423 e. The molecule has 0 aliphatic rings. The minimum absolute atomic E-state index is 0.474. The van der Waals surface area contributed by atoms with Crippen LogP contribution in [0.2, 0.25) is 0 Å². The van der Waals surface area contributed by atoms with E-state index in [2.05, 4.69) is 36.3 Å². The Morgan fingerprint density at radius 1 is 0.800 bits per heavy atom. The highest BCUT2D eigenvalue weighted by atomic mass is 16.4. The summed E-state index contributed by atoms with van der Waals surface area (Å²) in [4.78, 5) is 4.65. The molecule has 0 amide bonds. The third-order valence-electron chi connectivity index (χ3n) is 5.38. The van der Waals surface area contributed by atoms with Crippen LogP contribution in [0.5, 0.6) is 0 Å². The van der Waals surface area contributed by atoms with Crippen molar-refractivity contribution < 1.29 is 10.0 Å². The van der Waals surface area contributed by atoms with Crippen LogP contribution in [0.25, 0.3) is 16.7 Å². The Labute approximate surface area is 210 Å². The van der Waals surface area contributed by atoms with Crippen molar-refractivity contribution in [3.63, 3.8) is 0 Å². The van der Waals surface area contributed by atoms with Gasteiger partial charge in [-0.25, -0.2) is 0 Å². The van der Waals surface area contributed by atoms with E-state index in [-0.39, 0.29) is 0 Å². The zero-order valence-corrected chi connectivity index (χ0v) is 21.1. The average molecular weight is 463 g/mol. The fourth-order valence-corrected chi connectivity index (χ4v) is 3.36. The highest BCUT2D eigenvalue weighted by Gasteiger charge is 2.10. The SMILES string of the molecule is C=C(C)c1ccccc1.C=C(N=C(C)c1cccc(-c2ccc(B(O)O)cc2)c1)C(/C=C\C)=C/C. The molecule has 0 heterocycles. The first-order valence-corrected chi connectivity index (χ1v) is 11.6. The molecular weight excluding hydrogens is 429 g/mol. The van der Waals surface area contributed by atoms with E-state index in [4.69, 9.17) is 0 Å². The lowest BCUT2D eigenvalue weighted by Gasteiger charge is -2.08. The summed E-state index contributed by atoms with van der Waals surface area (Å²) in [5.41, 5.74) is 8.51. The molecule has 0 unspecified atom stereocenters. The summed E-state index contributed by atoms with van der Waals surface area (Å²) in [6.07, 6.45) is 5.96. The summed E-state index contributed by atoms with van der Waals surface area (Å²) >= 11 is 0. The quantitative estimate of drug-likeness (QED) is 0.236. The van der Waals surface area contributed by atoms with E-state index in [0.717, 1.165) is 39.2 Å². The average Bonchev–Trinajstić information content (AvgIpc) is 2.88. The molecule has 3 aromatic carbocycles. The predicted octanol–water partition coefficient (Wildman–Crippen LogP) is 6.60. The Balaban J connectivity index is 0.000000402. The normalized spacial score (nSPS) is 11.6. The van der Waals surface area contributed by atoms with Gasteiger partial charge in [-0.15, -0.1) is 0 Å². The Bertz CT molecular complexity index is 1220. The van der Waals surface area contributed by atoms with Gasteiger partial charge in [0.15, 0.2) is 0 Å². The van der Waals surface area contributed by atoms with Crippen molar-refractivity contribution in [1.82, 2.24) is 0 Å². The van der Waals surface area contributed by atoms with E-state index in [1.165, 1.54) is 5.56 Å². The topological polar surface area (TPSA) is 52.8 Å². The van der Waals surface area contributed by atoms with Crippen LogP contribution in [-0.4, -0.2) is 22.9 Å². The largest absolute Gasteiger partial charge is 0.488 e. The van der Waals surface area contributed by atoms with Gasteiger partial charge in [-0.1, -0.05) is 110 Å². The number of hydrogen-bond donors (Lipinski definition) is 2. The van der Waals surface area contributed by atoms with Gasteiger partial charge in [0.2, 0.25) is 0 Å². The summed E-state index contributed by atoms with van der Waals surface area (Å²) in [5, 5.41) is 18.4. The number of nitrogens with zero attached hydrogens (tertiary/aromatic N) is 1. The molecule has 0 fully saturated rings. The molecule has 0 aliphatic carbocycles. The third kappa shape index (κ3) is 8.53. The van der Waals surface area contributed by atoms with Gasteiger partial charge in [-0.05, 0) is 67.1 Å². The summed E-state index contributed by atoms with van der Waals surface area (Å²) in [6.45, 7) is 15.8. The maximum Gasteiger partial charge on any atom is 0.488 e. The van der Waals surface area contributed by atoms with Gasteiger partial charge in [-0.3, -0.25) is 4.99 Å². The number of allylic oxidation sites excluding steroid dienone is 4. The van der Waals surface area contributed by atoms with Crippen LogP contribution >= 0.6 is 0 Å². The molecule has 0 saturated carbocycles. The van der Waals surface area contributed by atoms with Gasteiger partial charge in [0.25, 0.3) is 0 Å². The van der Waals surface area contributed by atoms with Crippen LogP contribution in [0.3, 0.4) is 0 Å². The second-order valence-electron chi connectivity index (χ2n) is 8.11. The lowest BCUT2D eigenvalue weighted by Crippen LogP contribution is -2.29. The second-order valence-corrected chi connectivity index (χ2v) is 8.11. The third-order valence-corrected chi connectivity index (χ3v) is 5.38. The maximum absolute atomic E-state index is 9.21. The first-order chi connectivity index (χ1) is 16.8. The van der Waals surface area contributed by atoms with Gasteiger partial charge in [0.05, 0.1) is 5.70 Å². The molecule has 0 saturated heterocycles. The van der Waals surface area contributed by atoms with E-state index in [1.54, 1.807) is 12.1 Å². The lowest BCUT2D eigenvalue weighted by atomic mass is 9.80. The van der Waals surface area contributed by atoms with Gasteiger partial charge in [0, 0.05) is 5.71 Å². The Morgan fingerprint density at radius 3 is 1.94 bits per heavy atom. The molecule has 0 radical (unpaired) electrons. The molecule has 3 aromatic rings. The molecular formula is C31H34BNO2. The number of hydrogen-bond acceptors (Lipinski definition) is 3. The number of rotatable bonds is 7. The smallest absolute Gasteiger partial charge is 0.423 e. The van der Waals surface area contributed by atoms with Crippen molar-refractivity contribution in [2.24, 2.45) is 4.99 Å². The number of aliphatic imine (C=N–C) groups is 1. The Morgan fingerprint density at radius 2 is 1.43 bits per heavy atom. The van der Waals surface area contributed by atoms with E-state index >= 15 is 0 Å². The van der Waals surface area contributed by atoms with Crippen molar-refractivity contribution in [2.75, 3.05) is 0 Å². The highest BCUT2D eigenvalue weighted by molar-refractivity contribution is 6.58. The molecule has 0 atom stereocenters. The molecule has 0 bridgehead atoms. The summed E-state index contributed by atoms with van der Waals surface area (Å²) in [7, 11) is -1.45. The molecule has 178 valence electrons. The fraction of sp³-hybridized carbons (Fsp3) is 0.129. The van der Waals surface area contributed by atoms with Gasteiger partial charge in [0.1, 0.15) is 0 Å². The van der Waals surface area contributed by atoms with Crippen LogP contribution in [0, 0.1) is 0 Å². The molecule has 2 N–H and O–H groups in total. The number of benzene rings is 3. The standard InChI is InChI=1S/C22H24BNO2.C9H10/c1-5-8-18(6-2)16(3)24-17(4)20-9-7-10-21(15-20)19-11-13-22(14-12-19)23(25)26;1-8(2)9-6-4-3-5-7-9/h5-15,25-26H,3H2,1-2,4H3;3-7H,1H2,2H3/b8-5-,18-6+,24-17?;. The van der Waals surface area contributed by atoms with Crippen LogP contribution in [-0.2, 0) is 0 Å².